The van der Waals surface area contributed by atoms with Crippen LogP contribution in [0.15, 0.2) is 18.2 Å². The van der Waals surface area contributed by atoms with E-state index < -0.39 is 11.6 Å². The average molecular weight is 265 g/mol. The third kappa shape index (κ3) is 2.08. The molecule has 3 rings (SSSR count). The number of ketones is 1. The molecule has 0 spiro atoms. The summed E-state index contributed by atoms with van der Waals surface area (Å²) >= 11 is 0. The minimum atomic E-state index is -1.00. The molecule has 0 N–H and O–H groups in total. The molecule has 1 aromatic rings. The molecule has 19 heavy (non-hydrogen) atoms. The van der Waals surface area contributed by atoms with E-state index in [1.807, 2.05) is 0 Å². The molecule has 2 aliphatic heterocycles. The van der Waals surface area contributed by atoms with E-state index in [4.69, 9.17) is 0 Å². The number of piperidine rings is 1. The van der Waals surface area contributed by atoms with Crippen molar-refractivity contribution in [2.24, 2.45) is 5.92 Å². The number of hydrogen-bond donors (Lipinski definition) is 0. The maximum Gasteiger partial charge on any atom is 0.169 e. The molecule has 0 amide bonds. The Hall–Kier alpha value is -1.29. The topological polar surface area (TPSA) is 20.3 Å². The van der Waals surface area contributed by atoms with E-state index in [0.29, 0.717) is 12.1 Å². The van der Waals surface area contributed by atoms with E-state index in [9.17, 15) is 13.6 Å². The van der Waals surface area contributed by atoms with E-state index in [1.54, 1.807) is 0 Å². The number of carbonyl (C=O) groups excluding carboxylic acids is 1. The number of benzene rings is 1. The summed E-state index contributed by atoms with van der Waals surface area (Å²) in [5.74, 6) is -2.34. The summed E-state index contributed by atoms with van der Waals surface area (Å²) in [6.07, 6.45) is 3.75. The lowest BCUT2D eigenvalue weighted by Gasteiger charge is -2.35. The van der Waals surface area contributed by atoms with Gasteiger partial charge in [-0.2, -0.15) is 0 Å². The van der Waals surface area contributed by atoms with Gasteiger partial charge in [0.15, 0.2) is 17.4 Å². The SMILES string of the molecule is CN1C2CCC1CC(C(=O)c1cccc(F)c1F)C2. The predicted octanol–water partition coefficient (Wildman–Crippen LogP) is 3.02. The summed E-state index contributed by atoms with van der Waals surface area (Å²) in [5, 5.41) is 0. The molecule has 4 heteroatoms. The minimum absolute atomic E-state index is 0.0889. The van der Waals surface area contributed by atoms with Gasteiger partial charge in [-0.15, -0.1) is 0 Å². The highest BCUT2D eigenvalue weighted by Crippen LogP contribution is 2.38. The number of rotatable bonds is 2. The Balaban J connectivity index is 1.84. The number of carbonyl (C=O) groups is 1. The summed E-state index contributed by atoms with van der Waals surface area (Å²) in [6, 6.07) is 4.68. The minimum Gasteiger partial charge on any atom is -0.300 e. The van der Waals surface area contributed by atoms with Crippen molar-refractivity contribution in [2.45, 2.75) is 37.8 Å². The molecule has 2 nitrogen and oxygen atoms in total. The first kappa shape index (κ1) is 12.7. The number of halogens is 2. The zero-order chi connectivity index (χ0) is 13.6. The van der Waals surface area contributed by atoms with Gasteiger partial charge in [0, 0.05) is 18.0 Å². The normalized spacial score (nSPS) is 30.6. The van der Waals surface area contributed by atoms with Gasteiger partial charge >= 0.3 is 0 Å². The van der Waals surface area contributed by atoms with Crippen LogP contribution in [0.1, 0.15) is 36.0 Å². The van der Waals surface area contributed by atoms with Gasteiger partial charge in [-0.1, -0.05) is 6.07 Å². The molecular formula is C15H17F2NO. The van der Waals surface area contributed by atoms with E-state index in [-0.39, 0.29) is 17.3 Å². The van der Waals surface area contributed by atoms with Crippen molar-refractivity contribution in [1.82, 2.24) is 4.90 Å². The van der Waals surface area contributed by atoms with Gasteiger partial charge in [-0.05, 0) is 44.9 Å². The highest BCUT2D eigenvalue weighted by molar-refractivity contribution is 5.98. The molecule has 2 bridgehead atoms. The number of Topliss-reactive ketones (excluding diaryl/α,β-unsaturated/α-hetero) is 1. The van der Waals surface area contributed by atoms with Crippen LogP contribution in [0.2, 0.25) is 0 Å². The molecule has 2 aliphatic rings. The molecule has 0 radical (unpaired) electrons. The van der Waals surface area contributed by atoms with Crippen LogP contribution in [0.4, 0.5) is 8.78 Å². The lowest BCUT2D eigenvalue weighted by molar-refractivity contribution is 0.0762. The Morgan fingerprint density at radius 3 is 2.47 bits per heavy atom. The standard InChI is InChI=1S/C15H17F2NO/c1-18-10-5-6-11(18)8-9(7-10)15(19)12-3-2-4-13(16)14(12)17/h2-4,9-11H,5-8H2,1H3. The highest BCUT2D eigenvalue weighted by Gasteiger charge is 2.41. The van der Waals surface area contributed by atoms with Crippen molar-refractivity contribution >= 4 is 5.78 Å². The van der Waals surface area contributed by atoms with Crippen molar-refractivity contribution in [3.8, 4) is 0 Å². The quantitative estimate of drug-likeness (QED) is 0.766. The van der Waals surface area contributed by atoms with E-state index in [2.05, 4.69) is 11.9 Å². The molecule has 1 aromatic carbocycles. The lowest BCUT2D eigenvalue weighted by atomic mass is 9.85. The number of fused-ring (bicyclic) bond motifs is 2. The first-order valence-corrected chi connectivity index (χ1v) is 6.78. The van der Waals surface area contributed by atoms with Crippen LogP contribution in [-0.4, -0.2) is 29.8 Å². The Labute approximate surface area is 111 Å². The molecule has 0 saturated carbocycles. The molecule has 2 heterocycles. The van der Waals surface area contributed by atoms with Crippen LogP contribution in [-0.2, 0) is 0 Å². The molecule has 0 aromatic heterocycles. The van der Waals surface area contributed by atoms with Gasteiger partial charge < -0.3 is 4.90 Å². The van der Waals surface area contributed by atoms with Crippen molar-refractivity contribution < 1.29 is 13.6 Å². The Kier molecular flexibility index (Phi) is 3.13. The molecule has 2 fully saturated rings. The first-order valence-electron chi connectivity index (χ1n) is 6.78. The fraction of sp³-hybridized carbons (Fsp3) is 0.533. The van der Waals surface area contributed by atoms with Crippen molar-refractivity contribution in [3.63, 3.8) is 0 Å². The maximum atomic E-state index is 13.7. The third-order valence-electron chi connectivity index (χ3n) is 4.69. The highest BCUT2D eigenvalue weighted by atomic mass is 19.2. The summed E-state index contributed by atoms with van der Waals surface area (Å²) in [4.78, 5) is 14.7. The summed E-state index contributed by atoms with van der Waals surface area (Å²) in [5.41, 5.74) is -0.0889. The van der Waals surface area contributed by atoms with Crippen molar-refractivity contribution in [3.05, 3.63) is 35.4 Å². The smallest absolute Gasteiger partial charge is 0.169 e. The molecule has 2 atom stereocenters. The molecule has 2 saturated heterocycles. The summed E-state index contributed by atoms with van der Waals surface area (Å²) in [7, 11) is 2.09. The van der Waals surface area contributed by atoms with Gasteiger partial charge in [0.1, 0.15) is 0 Å². The summed E-state index contributed by atoms with van der Waals surface area (Å²) in [6.45, 7) is 0. The van der Waals surface area contributed by atoms with Crippen LogP contribution < -0.4 is 0 Å². The van der Waals surface area contributed by atoms with E-state index in [0.717, 1.165) is 31.7 Å². The number of hydrogen-bond acceptors (Lipinski definition) is 2. The molecule has 102 valence electrons. The second-order valence-electron chi connectivity index (χ2n) is 5.68. The van der Waals surface area contributed by atoms with Crippen molar-refractivity contribution in [2.75, 3.05) is 7.05 Å². The van der Waals surface area contributed by atoms with Gasteiger partial charge in [-0.3, -0.25) is 4.79 Å². The largest absolute Gasteiger partial charge is 0.300 e. The molecule has 2 unspecified atom stereocenters. The number of nitrogens with zero attached hydrogens (tertiary/aromatic N) is 1. The first-order chi connectivity index (χ1) is 9.08. The fourth-order valence-corrected chi connectivity index (χ4v) is 3.54. The van der Waals surface area contributed by atoms with Gasteiger partial charge in [-0.25, -0.2) is 8.78 Å². The average Bonchev–Trinajstić information content (AvgIpc) is 2.64. The summed E-state index contributed by atoms with van der Waals surface area (Å²) < 4.78 is 26.9. The zero-order valence-corrected chi connectivity index (χ0v) is 10.9. The van der Waals surface area contributed by atoms with Gasteiger partial charge in [0.05, 0.1) is 5.56 Å². The predicted molar refractivity (Wildman–Crippen MR) is 68.0 cm³/mol. The van der Waals surface area contributed by atoms with Crippen molar-refractivity contribution in [1.29, 1.82) is 0 Å². The van der Waals surface area contributed by atoms with E-state index >= 15 is 0 Å². The third-order valence-corrected chi connectivity index (χ3v) is 4.69. The van der Waals surface area contributed by atoms with Gasteiger partial charge in [0.2, 0.25) is 0 Å². The molecule has 0 aliphatic carbocycles. The Bertz CT molecular complexity index is 503. The second-order valence-corrected chi connectivity index (χ2v) is 5.68. The fourth-order valence-electron chi connectivity index (χ4n) is 3.54. The van der Waals surface area contributed by atoms with Crippen LogP contribution in [0.5, 0.6) is 0 Å². The second kappa shape index (κ2) is 4.67. The zero-order valence-electron chi connectivity index (χ0n) is 10.9. The Morgan fingerprint density at radius 2 is 1.84 bits per heavy atom. The van der Waals surface area contributed by atoms with Crippen LogP contribution >= 0.6 is 0 Å². The van der Waals surface area contributed by atoms with Gasteiger partial charge in [0.25, 0.3) is 0 Å². The molecular weight excluding hydrogens is 248 g/mol. The van der Waals surface area contributed by atoms with Crippen LogP contribution in [0.25, 0.3) is 0 Å². The monoisotopic (exact) mass is 265 g/mol. The lowest BCUT2D eigenvalue weighted by Crippen LogP contribution is -2.42. The maximum absolute atomic E-state index is 13.7. The van der Waals surface area contributed by atoms with Crippen LogP contribution in [0.3, 0.4) is 0 Å². The Morgan fingerprint density at radius 1 is 1.21 bits per heavy atom. The van der Waals surface area contributed by atoms with Crippen LogP contribution in [0, 0.1) is 17.6 Å². The van der Waals surface area contributed by atoms with E-state index in [1.165, 1.54) is 12.1 Å².